The van der Waals surface area contributed by atoms with Gasteiger partial charge in [0.15, 0.2) is 0 Å². The van der Waals surface area contributed by atoms with E-state index in [1.807, 2.05) is 0 Å². The van der Waals surface area contributed by atoms with Crippen molar-refractivity contribution in [2.45, 2.75) is 38.6 Å². The topological polar surface area (TPSA) is 32.3 Å². The van der Waals surface area contributed by atoms with E-state index in [4.69, 9.17) is 5.11 Å². The third-order valence-corrected chi connectivity index (χ3v) is 3.74. The lowest BCUT2D eigenvalue weighted by Gasteiger charge is -2.29. The summed E-state index contributed by atoms with van der Waals surface area (Å²) >= 11 is 0. The van der Waals surface area contributed by atoms with Crippen molar-refractivity contribution < 1.29 is 5.11 Å². The average Bonchev–Trinajstić information content (AvgIpc) is 2.33. The van der Waals surface area contributed by atoms with E-state index in [9.17, 15) is 0 Å². The monoisotopic (exact) mass is 219 g/mol. The Labute approximate surface area is 97.7 Å². The lowest BCUT2D eigenvalue weighted by molar-refractivity contribution is 0.213. The molecule has 0 amide bonds. The van der Waals surface area contributed by atoms with E-state index >= 15 is 0 Å². The van der Waals surface area contributed by atoms with Crippen molar-refractivity contribution in [2.24, 2.45) is 0 Å². The summed E-state index contributed by atoms with van der Waals surface area (Å²) in [6.07, 6.45) is 2.26. The van der Waals surface area contributed by atoms with Gasteiger partial charge < -0.3 is 10.4 Å². The molecule has 1 aromatic carbocycles. The lowest BCUT2D eigenvalue weighted by atomic mass is 9.87. The maximum absolute atomic E-state index is 9.07. The molecule has 1 fully saturated rings. The van der Waals surface area contributed by atoms with Gasteiger partial charge in [0.2, 0.25) is 0 Å². The molecule has 1 saturated heterocycles. The number of benzene rings is 1. The van der Waals surface area contributed by atoms with Gasteiger partial charge in [-0.1, -0.05) is 18.2 Å². The van der Waals surface area contributed by atoms with Crippen molar-refractivity contribution in [1.82, 2.24) is 5.32 Å². The molecule has 88 valence electrons. The molecule has 1 aliphatic rings. The van der Waals surface area contributed by atoms with Gasteiger partial charge in [0, 0.05) is 12.6 Å². The number of aliphatic hydroxyl groups excluding tert-OH is 1. The second-order valence-corrected chi connectivity index (χ2v) is 4.91. The maximum atomic E-state index is 9.07. The van der Waals surface area contributed by atoms with E-state index in [2.05, 4.69) is 37.4 Å². The molecule has 2 nitrogen and oxygen atoms in total. The summed E-state index contributed by atoms with van der Waals surface area (Å²) in [5, 5.41) is 12.5. The molecule has 2 unspecified atom stereocenters. The first-order chi connectivity index (χ1) is 7.70. The fourth-order valence-electron chi connectivity index (χ4n) is 2.37. The molecule has 2 rings (SSSR count). The summed E-state index contributed by atoms with van der Waals surface area (Å²) in [5.41, 5.74) is 4.18. The highest BCUT2D eigenvalue weighted by molar-refractivity contribution is 5.32. The van der Waals surface area contributed by atoms with Crippen LogP contribution in [0, 0.1) is 13.8 Å². The SMILES string of the molecule is Cc1ccc(C2CCC(CO)NC2)cc1C. The molecule has 1 heterocycles. The predicted octanol–water partition coefficient (Wildman–Crippen LogP) is 2.13. The molecule has 0 aromatic heterocycles. The Morgan fingerprint density at radius 2 is 2.06 bits per heavy atom. The number of hydrogen-bond donors (Lipinski definition) is 2. The van der Waals surface area contributed by atoms with Gasteiger partial charge in [0.1, 0.15) is 0 Å². The van der Waals surface area contributed by atoms with Gasteiger partial charge in [0.25, 0.3) is 0 Å². The largest absolute Gasteiger partial charge is 0.395 e. The van der Waals surface area contributed by atoms with Crippen molar-refractivity contribution >= 4 is 0 Å². The van der Waals surface area contributed by atoms with Crippen molar-refractivity contribution in [3.63, 3.8) is 0 Å². The van der Waals surface area contributed by atoms with Crippen LogP contribution in [0.5, 0.6) is 0 Å². The third-order valence-electron chi connectivity index (χ3n) is 3.74. The number of hydrogen-bond acceptors (Lipinski definition) is 2. The molecule has 2 atom stereocenters. The van der Waals surface area contributed by atoms with Gasteiger partial charge >= 0.3 is 0 Å². The number of aliphatic hydroxyl groups is 1. The first-order valence-corrected chi connectivity index (χ1v) is 6.12. The Morgan fingerprint density at radius 1 is 1.25 bits per heavy atom. The molecule has 0 bridgehead atoms. The minimum absolute atomic E-state index is 0.264. The van der Waals surface area contributed by atoms with E-state index in [1.165, 1.54) is 23.1 Å². The Kier molecular flexibility index (Phi) is 3.62. The number of piperidine rings is 1. The maximum Gasteiger partial charge on any atom is 0.0584 e. The summed E-state index contributed by atoms with van der Waals surface area (Å²) in [6, 6.07) is 7.07. The summed E-state index contributed by atoms with van der Waals surface area (Å²) < 4.78 is 0. The Morgan fingerprint density at radius 3 is 2.62 bits per heavy atom. The molecule has 2 N–H and O–H groups in total. The van der Waals surface area contributed by atoms with E-state index in [-0.39, 0.29) is 6.61 Å². The summed E-state index contributed by atoms with van der Waals surface area (Å²) in [6.45, 7) is 5.58. The van der Waals surface area contributed by atoms with Crippen LogP contribution in [0.15, 0.2) is 18.2 Å². The first-order valence-electron chi connectivity index (χ1n) is 6.12. The van der Waals surface area contributed by atoms with E-state index in [0.717, 1.165) is 13.0 Å². The number of rotatable bonds is 2. The average molecular weight is 219 g/mol. The molecule has 16 heavy (non-hydrogen) atoms. The molecule has 1 aliphatic heterocycles. The zero-order valence-corrected chi connectivity index (χ0v) is 10.2. The van der Waals surface area contributed by atoms with Crippen LogP contribution in [0.25, 0.3) is 0 Å². The van der Waals surface area contributed by atoms with Crippen LogP contribution in [0.1, 0.15) is 35.4 Å². The second-order valence-electron chi connectivity index (χ2n) is 4.91. The van der Waals surface area contributed by atoms with Gasteiger partial charge in [-0.3, -0.25) is 0 Å². The van der Waals surface area contributed by atoms with Crippen molar-refractivity contribution in [2.75, 3.05) is 13.2 Å². The summed E-state index contributed by atoms with van der Waals surface area (Å²) in [4.78, 5) is 0. The zero-order chi connectivity index (χ0) is 11.5. The quantitative estimate of drug-likeness (QED) is 0.798. The van der Waals surface area contributed by atoms with E-state index in [1.54, 1.807) is 0 Å². The highest BCUT2D eigenvalue weighted by Crippen LogP contribution is 2.26. The van der Waals surface area contributed by atoms with Gasteiger partial charge in [-0.2, -0.15) is 0 Å². The van der Waals surface area contributed by atoms with Gasteiger partial charge in [-0.05, 0) is 49.3 Å². The fraction of sp³-hybridized carbons (Fsp3) is 0.571. The number of nitrogens with one attached hydrogen (secondary N) is 1. The standard InChI is InChI=1S/C14H21NO/c1-10-3-4-12(7-11(10)2)13-5-6-14(9-16)15-8-13/h3-4,7,13-16H,5-6,8-9H2,1-2H3. The van der Waals surface area contributed by atoms with Crippen LogP contribution >= 0.6 is 0 Å². The highest BCUT2D eigenvalue weighted by Gasteiger charge is 2.21. The minimum Gasteiger partial charge on any atom is -0.395 e. The van der Waals surface area contributed by atoms with Crippen LogP contribution in [0.3, 0.4) is 0 Å². The smallest absolute Gasteiger partial charge is 0.0584 e. The first kappa shape index (κ1) is 11.6. The molecule has 0 spiro atoms. The van der Waals surface area contributed by atoms with Gasteiger partial charge in [-0.15, -0.1) is 0 Å². The molecule has 2 heteroatoms. The number of aryl methyl sites for hydroxylation is 2. The molecule has 0 radical (unpaired) electrons. The van der Waals surface area contributed by atoms with E-state index < -0.39 is 0 Å². The molecular formula is C14H21NO. The lowest BCUT2D eigenvalue weighted by Crippen LogP contribution is -2.40. The fourth-order valence-corrected chi connectivity index (χ4v) is 2.37. The van der Waals surface area contributed by atoms with Gasteiger partial charge in [-0.25, -0.2) is 0 Å². The highest BCUT2D eigenvalue weighted by atomic mass is 16.3. The van der Waals surface area contributed by atoms with Crippen LogP contribution < -0.4 is 5.32 Å². The summed E-state index contributed by atoms with van der Waals surface area (Å²) in [5.74, 6) is 0.613. The van der Waals surface area contributed by atoms with Gasteiger partial charge in [0.05, 0.1) is 6.61 Å². The van der Waals surface area contributed by atoms with Crippen molar-refractivity contribution in [3.05, 3.63) is 34.9 Å². The van der Waals surface area contributed by atoms with Crippen LogP contribution in [0.4, 0.5) is 0 Å². The van der Waals surface area contributed by atoms with Crippen molar-refractivity contribution in [1.29, 1.82) is 0 Å². The Balaban J connectivity index is 2.05. The molecule has 1 aromatic rings. The minimum atomic E-state index is 0.264. The molecule has 0 aliphatic carbocycles. The van der Waals surface area contributed by atoms with Crippen LogP contribution in [-0.2, 0) is 0 Å². The normalized spacial score (nSPS) is 25.7. The summed E-state index contributed by atoms with van der Waals surface area (Å²) in [7, 11) is 0. The van der Waals surface area contributed by atoms with Crippen molar-refractivity contribution in [3.8, 4) is 0 Å². The second kappa shape index (κ2) is 4.98. The molecular weight excluding hydrogens is 198 g/mol. The zero-order valence-electron chi connectivity index (χ0n) is 10.2. The van der Waals surface area contributed by atoms with E-state index in [0.29, 0.717) is 12.0 Å². The van der Waals surface area contributed by atoms with Crippen LogP contribution in [-0.4, -0.2) is 24.3 Å². The third kappa shape index (κ3) is 2.45. The molecule has 0 saturated carbocycles. The Bertz CT molecular complexity index is 354. The predicted molar refractivity (Wildman–Crippen MR) is 66.8 cm³/mol. The Hall–Kier alpha value is -0.860. The van der Waals surface area contributed by atoms with Crippen LogP contribution in [0.2, 0.25) is 0 Å².